The fraction of sp³-hybridized carbons (Fsp3) is 0.188. The van der Waals surface area contributed by atoms with Crippen LogP contribution in [-0.2, 0) is 19.8 Å². The van der Waals surface area contributed by atoms with E-state index < -0.39 is 17.8 Å². The number of carbonyl (C=O) groups excluding carboxylic acids is 1. The molecule has 0 aliphatic rings. The molecule has 1 aromatic carbocycles. The number of hydrogen-bond acceptors (Lipinski definition) is 3. The summed E-state index contributed by atoms with van der Waals surface area (Å²) in [5.74, 6) is -0.839. The second-order valence-electron chi connectivity index (χ2n) is 5.75. The van der Waals surface area contributed by atoms with Crippen LogP contribution in [0.1, 0.15) is 21.7 Å². The number of aryl methyl sites for hydroxylation is 1. The highest BCUT2D eigenvalue weighted by Gasteiger charge is 2.35. The Bertz CT molecular complexity index is 1040. The molecular formula is C16H11Cl3F3N5O. The zero-order chi connectivity index (χ0) is 20.6. The van der Waals surface area contributed by atoms with Crippen molar-refractivity contribution in [3.05, 3.63) is 62.5 Å². The van der Waals surface area contributed by atoms with Crippen molar-refractivity contribution in [3.63, 3.8) is 0 Å². The van der Waals surface area contributed by atoms with E-state index in [4.69, 9.17) is 34.8 Å². The number of aromatic nitrogens is 4. The number of carbonyl (C=O) groups is 1. The third kappa shape index (κ3) is 4.43. The van der Waals surface area contributed by atoms with Crippen LogP contribution in [0.3, 0.4) is 0 Å². The summed E-state index contributed by atoms with van der Waals surface area (Å²) in [6, 6.07) is 5.60. The van der Waals surface area contributed by atoms with Crippen LogP contribution in [0, 0.1) is 0 Å². The van der Waals surface area contributed by atoms with Crippen molar-refractivity contribution in [1.82, 2.24) is 19.6 Å². The van der Waals surface area contributed by atoms with Gasteiger partial charge in [0.1, 0.15) is 10.7 Å². The van der Waals surface area contributed by atoms with E-state index in [2.05, 4.69) is 15.5 Å². The molecular weight excluding hydrogens is 442 g/mol. The molecule has 148 valence electrons. The summed E-state index contributed by atoms with van der Waals surface area (Å²) in [6.45, 7) is 0.246. The second kappa shape index (κ2) is 7.65. The predicted octanol–water partition coefficient (Wildman–Crippen LogP) is 4.90. The molecule has 3 aromatic rings. The van der Waals surface area contributed by atoms with E-state index in [0.717, 1.165) is 4.68 Å². The molecule has 0 unspecified atom stereocenters. The molecule has 0 saturated heterocycles. The number of benzene rings is 1. The molecule has 0 spiro atoms. The van der Waals surface area contributed by atoms with Crippen LogP contribution in [0.5, 0.6) is 0 Å². The SMILES string of the molecule is Cn1nc(C(F)(F)F)cc1C(=O)Nc1nn(Cc2ccc(Cl)cc2Cl)cc1Cl. The van der Waals surface area contributed by atoms with E-state index in [9.17, 15) is 18.0 Å². The largest absolute Gasteiger partial charge is 0.435 e. The number of rotatable bonds is 4. The fourth-order valence-corrected chi connectivity index (χ4v) is 3.04. The minimum atomic E-state index is -4.66. The predicted molar refractivity (Wildman–Crippen MR) is 99.0 cm³/mol. The van der Waals surface area contributed by atoms with Crippen molar-refractivity contribution < 1.29 is 18.0 Å². The van der Waals surface area contributed by atoms with Gasteiger partial charge >= 0.3 is 6.18 Å². The number of halogens is 6. The third-order valence-electron chi connectivity index (χ3n) is 3.70. The van der Waals surface area contributed by atoms with E-state index in [1.807, 2.05) is 0 Å². The van der Waals surface area contributed by atoms with Gasteiger partial charge in [-0.3, -0.25) is 14.2 Å². The number of anilines is 1. The van der Waals surface area contributed by atoms with Gasteiger partial charge in [0.15, 0.2) is 11.5 Å². The highest BCUT2D eigenvalue weighted by Crippen LogP contribution is 2.29. The van der Waals surface area contributed by atoms with Crippen LogP contribution in [-0.4, -0.2) is 25.5 Å². The Kier molecular flexibility index (Phi) is 5.60. The molecule has 1 amide bonds. The first-order chi connectivity index (χ1) is 13.0. The Morgan fingerprint density at radius 2 is 1.86 bits per heavy atom. The Balaban J connectivity index is 1.78. The van der Waals surface area contributed by atoms with Crippen LogP contribution in [0.4, 0.5) is 19.0 Å². The summed E-state index contributed by atoms with van der Waals surface area (Å²) in [5, 5.41) is 10.8. The van der Waals surface area contributed by atoms with Gasteiger partial charge in [0.05, 0.1) is 6.54 Å². The van der Waals surface area contributed by atoms with Gasteiger partial charge in [0, 0.05) is 29.4 Å². The van der Waals surface area contributed by atoms with Crippen molar-refractivity contribution in [2.45, 2.75) is 12.7 Å². The number of nitrogens with zero attached hydrogens (tertiary/aromatic N) is 4. The summed E-state index contributed by atoms with van der Waals surface area (Å²) in [4.78, 5) is 12.3. The summed E-state index contributed by atoms with van der Waals surface area (Å²) in [7, 11) is 1.23. The van der Waals surface area contributed by atoms with Gasteiger partial charge in [-0.2, -0.15) is 23.4 Å². The maximum absolute atomic E-state index is 12.7. The first kappa shape index (κ1) is 20.5. The molecule has 0 atom stereocenters. The quantitative estimate of drug-likeness (QED) is 0.613. The lowest BCUT2D eigenvalue weighted by molar-refractivity contribution is -0.141. The van der Waals surface area contributed by atoms with Crippen molar-refractivity contribution >= 4 is 46.5 Å². The highest BCUT2D eigenvalue weighted by atomic mass is 35.5. The van der Waals surface area contributed by atoms with Gasteiger partial charge in [-0.05, 0) is 17.7 Å². The van der Waals surface area contributed by atoms with Crippen LogP contribution >= 0.6 is 34.8 Å². The number of nitrogens with one attached hydrogen (secondary N) is 1. The first-order valence-corrected chi connectivity index (χ1v) is 8.77. The Morgan fingerprint density at radius 3 is 2.46 bits per heavy atom. The van der Waals surface area contributed by atoms with E-state index >= 15 is 0 Å². The van der Waals surface area contributed by atoms with Crippen LogP contribution < -0.4 is 5.32 Å². The zero-order valence-corrected chi connectivity index (χ0v) is 16.3. The number of alkyl halides is 3. The third-order valence-corrected chi connectivity index (χ3v) is 4.56. The van der Waals surface area contributed by atoms with Crippen molar-refractivity contribution in [3.8, 4) is 0 Å². The minimum Gasteiger partial charge on any atom is -0.302 e. The van der Waals surface area contributed by atoms with Crippen molar-refractivity contribution in [2.24, 2.45) is 7.05 Å². The Morgan fingerprint density at radius 1 is 1.14 bits per heavy atom. The number of amides is 1. The van der Waals surface area contributed by atoms with Gasteiger partial charge in [-0.15, -0.1) is 0 Å². The van der Waals surface area contributed by atoms with Crippen LogP contribution in [0.15, 0.2) is 30.5 Å². The lowest BCUT2D eigenvalue weighted by Crippen LogP contribution is -2.17. The van der Waals surface area contributed by atoms with Crippen molar-refractivity contribution in [2.75, 3.05) is 5.32 Å². The van der Waals surface area contributed by atoms with E-state index in [-0.39, 0.29) is 23.1 Å². The maximum Gasteiger partial charge on any atom is 0.435 e. The molecule has 0 fully saturated rings. The minimum absolute atomic E-state index is 0.00786. The topological polar surface area (TPSA) is 64.7 Å². The van der Waals surface area contributed by atoms with Crippen LogP contribution in [0.25, 0.3) is 0 Å². The standard InChI is InChI=1S/C16H11Cl3F3N5O/c1-26-12(5-13(24-26)16(20,21)22)15(28)23-14-11(19)7-27(25-14)6-8-2-3-9(17)4-10(8)18/h2-5,7H,6H2,1H3,(H,23,25,28). The molecule has 28 heavy (non-hydrogen) atoms. The molecule has 1 N–H and O–H groups in total. The summed E-state index contributed by atoms with van der Waals surface area (Å²) in [5.41, 5.74) is -0.752. The molecule has 0 aliphatic heterocycles. The zero-order valence-electron chi connectivity index (χ0n) is 14.1. The summed E-state index contributed by atoms with van der Waals surface area (Å²) in [6.07, 6.45) is -3.21. The fourth-order valence-electron chi connectivity index (χ4n) is 2.38. The van der Waals surface area contributed by atoms with Gasteiger partial charge in [-0.1, -0.05) is 40.9 Å². The van der Waals surface area contributed by atoms with E-state index in [1.54, 1.807) is 18.2 Å². The lowest BCUT2D eigenvalue weighted by atomic mass is 10.2. The van der Waals surface area contributed by atoms with Gasteiger partial charge in [-0.25, -0.2) is 0 Å². The highest BCUT2D eigenvalue weighted by molar-refractivity contribution is 6.35. The molecule has 0 saturated carbocycles. The van der Waals surface area contributed by atoms with Gasteiger partial charge in [0.25, 0.3) is 5.91 Å². The molecule has 0 radical (unpaired) electrons. The van der Waals surface area contributed by atoms with E-state index in [1.165, 1.54) is 17.9 Å². The average Bonchev–Trinajstić information content (AvgIpc) is 3.13. The Labute approximate surface area is 171 Å². The number of hydrogen-bond donors (Lipinski definition) is 1. The smallest absolute Gasteiger partial charge is 0.302 e. The second-order valence-corrected chi connectivity index (χ2v) is 7.00. The van der Waals surface area contributed by atoms with Gasteiger partial charge < -0.3 is 5.32 Å². The normalized spacial score (nSPS) is 11.7. The van der Waals surface area contributed by atoms with Crippen LogP contribution in [0.2, 0.25) is 15.1 Å². The molecule has 0 aliphatic carbocycles. The molecule has 12 heteroatoms. The molecule has 3 rings (SSSR count). The average molecular weight is 453 g/mol. The monoisotopic (exact) mass is 451 g/mol. The molecule has 0 bridgehead atoms. The Hall–Kier alpha value is -2.23. The van der Waals surface area contributed by atoms with Gasteiger partial charge in [0.2, 0.25) is 0 Å². The van der Waals surface area contributed by atoms with E-state index in [0.29, 0.717) is 21.7 Å². The molecule has 2 heterocycles. The maximum atomic E-state index is 12.7. The lowest BCUT2D eigenvalue weighted by Gasteiger charge is -2.05. The molecule has 2 aromatic heterocycles. The molecule has 6 nitrogen and oxygen atoms in total. The first-order valence-electron chi connectivity index (χ1n) is 7.64. The summed E-state index contributed by atoms with van der Waals surface area (Å²) >= 11 is 18.0. The summed E-state index contributed by atoms with van der Waals surface area (Å²) < 4.78 is 40.5. The van der Waals surface area contributed by atoms with Crippen molar-refractivity contribution in [1.29, 1.82) is 0 Å².